The van der Waals surface area contributed by atoms with E-state index in [2.05, 4.69) is 39.5 Å². The van der Waals surface area contributed by atoms with Gasteiger partial charge in [-0.15, -0.1) is 0 Å². The van der Waals surface area contributed by atoms with E-state index in [4.69, 9.17) is 4.74 Å². The summed E-state index contributed by atoms with van der Waals surface area (Å²) in [7, 11) is 1.61. The van der Waals surface area contributed by atoms with Crippen LogP contribution in [-0.4, -0.2) is 40.7 Å². The summed E-state index contributed by atoms with van der Waals surface area (Å²) in [6, 6.07) is 10.2. The number of rotatable bonds is 7. The van der Waals surface area contributed by atoms with Crippen molar-refractivity contribution in [2.24, 2.45) is 5.92 Å². The van der Waals surface area contributed by atoms with E-state index < -0.39 is 0 Å². The molecule has 1 aliphatic heterocycles. The highest BCUT2D eigenvalue weighted by Crippen LogP contribution is 2.38. The Hall–Kier alpha value is -2.44. The van der Waals surface area contributed by atoms with E-state index in [1.54, 1.807) is 19.5 Å². The second-order valence-electron chi connectivity index (χ2n) is 7.82. The molecular weight excluding hydrogens is 354 g/mol. The topological polar surface area (TPSA) is 74.7 Å². The molecule has 1 amide bonds. The first-order chi connectivity index (χ1) is 13.6. The molecule has 1 aromatic carbocycles. The van der Waals surface area contributed by atoms with Crippen molar-refractivity contribution in [3.8, 4) is 5.75 Å². The Labute approximate surface area is 165 Å². The van der Waals surface area contributed by atoms with E-state index in [9.17, 15) is 9.90 Å². The van der Waals surface area contributed by atoms with Crippen molar-refractivity contribution in [1.82, 2.24) is 15.2 Å². The first-order valence-electron chi connectivity index (χ1n) is 9.88. The predicted molar refractivity (Wildman–Crippen MR) is 106 cm³/mol. The van der Waals surface area contributed by atoms with E-state index >= 15 is 0 Å². The molecule has 0 spiro atoms. The molecule has 1 fully saturated rings. The maximum atomic E-state index is 12.7. The molecule has 28 heavy (non-hydrogen) atoms. The molecule has 148 valence electrons. The van der Waals surface area contributed by atoms with Gasteiger partial charge in [-0.1, -0.05) is 24.3 Å². The minimum absolute atomic E-state index is 0.0326. The molecule has 0 bridgehead atoms. The number of carbonyl (C=O) groups excluding carboxylic acids is 1. The molecule has 1 saturated carbocycles. The number of hydrogen-bond donors (Lipinski definition) is 2. The number of methoxy groups -OCH3 is 1. The van der Waals surface area contributed by atoms with Crippen LogP contribution in [0.1, 0.15) is 42.0 Å². The van der Waals surface area contributed by atoms with Gasteiger partial charge in [0.15, 0.2) is 0 Å². The number of fused-ring (bicyclic) bond motifs is 1. The smallest absolute Gasteiger partial charge is 0.221 e. The molecule has 6 heteroatoms. The Balaban J connectivity index is 1.36. The number of benzene rings is 1. The van der Waals surface area contributed by atoms with Crippen molar-refractivity contribution < 1.29 is 14.6 Å². The summed E-state index contributed by atoms with van der Waals surface area (Å²) in [5.74, 6) is 0.931. The summed E-state index contributed by atoms with van der Waals surface area (Å²) in [6.07, 6.45) is 5.01. The number of aromatic nitrogens is 1. The normalized spacial score (nSPS) is 22.2. The van der Waals surface area contributed by atoms with Gasteiger partial charge in [-0.2, -0.15) is 0 Å². The highest BCUT2D eigenvalue weighted by molar-refractivity contribution is 5.76. The molecular formula is C22H27N3O3. The van der Waals surface area contributed by atoms with Crippen molar-refractivity contribution >= 4 is 5.91 Å². The SMILES string of the molecule is COc1cncc(C(NC(=O)CCN2Cc3ccccc3C2)C2CC(O)C2)c1. The van der Waals surface area contributed by atoms with E-state index in [-0.39, 0.29) is 24.0 Å². The number of pyridine rings is 1. The first kappa shape index (κ1) is 18.9. The lowest BCUT2D eigenvalue weighted by Gasteiger charge is -2.38. The van der Waals surface area contributed by atoms with Gasteiger partial charge in [0.05, 0.1) is 25.5 Å². The number of aliphatic hydroxyl groups excluding tert-OH is 1. The standard InChI is InChI=1S/C22H27N3O3/c1-28-20-10-18(11-23-12-20)22(17-8-19(26)9-17)24-21(27)6-7-25-13-15-4-2-3-5-16(15)14-25/h2-5,10-12,17,19,22,26H,6-9,13-14H2,1H3,(H,24,27). The van der Waals surface area contributed by atoms with Gasteiger partial charge in [0, 0.05) is 32.3 Å². The van der Waals surface area contributed by atoms with Gasteiger partial charge in [0.25, 0.3) is 0 Å². The van der Waals surface area contributed by atoms with Gasteiger partial charge < -0.3 is 15.2 Å². The summed E-state index contributed by atoms with van der Waals surface area (Å²) in [5.41, 5.74) is 3.64. The summed E-state index contributed by atoms with van der Waals surface area (Å²) in [6.45, 7) is 2.54. The molecule has 0 radical (unpaired) electrons. The second-order valence-corrected chi connectivity index (χ2v) is 7.82. The highest BCUT2D eigenvalue weighted by atomic mass is 16.5. The Morgan fingerprint density at radius 3 is 2.64 bits per heavy atom. The molecule has 2 aliphatic rings. The van der Waals surface area contributed by atoms with Gasteiger partial charge in [0.1, 0.15) is 5.75 Å². The largest absolute Gasteiger partial charge is 0.495 e. The van der Waals surface area contributed by atoms with E-state index in [1.807, 2.05) is 6.07 Å². The number of ether oxygens (including phenoxy) is 1. The number of hydrogen-bond acceptors (Lipinski definition) is 5. The molecule has 1 unspecified atom stereocenters. The summed E-state index contributed by atoms with van der Waals surface area (Å²) < 4.78 is 5.28. The Bertz CT molecular complexity index is 810. The van der Waals surface area contributed by atoms with Crippen LogP contribution >= 0.6 is 0 Å². The van der Waals surface area contributed by atoms with Gasteiger partial charge in [-0.3, -0.25) is 14.7 Å². The summed E-state index contributed by atoms with van der Waals surface area (Å²) in [5, 5.41) is 12.9. The fourth-order valence-corrected chi connectivity index (χ4v) is 4.16. The predicted octanol–water partition coefficient (Wildman–Crippen LogP) is 2.42. The van der Waals surface area contributed by atoms with Crippen molar-refractivity contribution in [3.05, 3.63) is 59.4 Å². The number of nitrogens with zero attached hydrogens (tertiary/aromatic N) is 2. The van der Waals surface area contributed by atoms with Crippen molar-refractivity contribution in [1.29, 1.82) is 0 Å². The number of aliphatic hydroxyl groups is 1. The molecule has 0 saturated heterocycles. The van der Waals surface area contributed by atoms with Crippen LogP contribution in [0.3, 0.4) is 0 Å². The fraction of sp³-hybridized carbons (Fsp3) is 0.455. The zero-order valence-corrected chi connectivity index (χ0v) is 16.2. The molecule has 4 rings (SSSR count). The van der Waals surface area contributed by atoms with Gasteiger partial charge in [0.2, 0.25) is 5.91 Å². The molecule has 2 N–H and O–H groups in total. The number of nitrogens with one attached hydrogen (secondary N) is 1. The maximum absolute atomic E-state index is 12.7. The van der Waals surface area contributed by atoms with Crippen LogP contribution in [0.25, 0.3) is 0 Å². The van der Waals surface area contributed by atoms with Crippen LogP contribution in [0.5, 0.6) is 5.75 Å². The van der Waals surface area contributed by atoms with Crippen LogP contribution in [0.4, 0.5) is 0 Å². The molecule has 1 atom stereocenters. The minimum Gasteiger partial charge on any atom is -0.495 e. The quantitative estimate of drug-likeness (QED) is 0.771. The number of carbonyl (C=O) groups is 1. The Morgan fingerprint density at radius 1 is 1.29 bits per heavy atom. The van der Waals surface area contributed by atoms with Crippen LogP contribution in [0, 0.1) is 5.92 Å². The minimum atomic E-state index is -0.272. The fourth-order valence-electron chi connectivity index (χ4n) is 4.16. The molecule has 2 aromatic rings. The van der Waals surface area contributed by atoms with Crippen molar-refractivity contribution in [2.45, 2.75) is 44.5 Å². The number of amides is 1. The van der Waals surface area contributed by atoms with Crippen molar-refractivity contribution in [2.75, 3.05) is 13.7 Å². The lowest BCUT2D eigenvalue weighted by atomic mass is 9.75. The molecule has 2 heterocycles. The Kier molecular flexibility index (Phi) is 5.59. The maximum Gasteiger partial charge on any atom is 0.221 e. The third kappa shape index (κ3) is 4.18. The van der Waals surface area contributed by atoms with Gasteiger partial charge in [-0.25, -0.2) is 0 Å². The van der Waals surface area contributed by atoms with Crippen LogP contribution in [0.2, 0.25) is 0 Å². The zero-order chi connectivity index (χ0) is 19.5. The van der Waals surface area contributed by atoms with E-state index in [0.29, 0.717) is 25.0 Å². The van der Waals surface area contributed by atoms with Crippen LogP contribution < -0.4 is 10.1 Å². The third-order valence-electron chi connectivity index (χ3n) is 5.83. The van der Waals surface area contributed by atoms with Crippen LogP contribution in [0.15, 0.2) is 42.7 Å². The zero-order valence-electron chi connectivity index (χ0n) is 16.2. The van der Waals surface area contributed by atoms with Crippen molar-refractivity contribution in [3.63, 3.8) is 0 Å². The summed E-state index contributed by atoms with van der Waals surface area (Å²) >= 11 is 0. The highest BCUT2D eigenvalue weighted by Gasteiger charge is 2.36. The van der Waals surface area contributed by atoms with Gasteiger partial charge >= 0.3 is 0 Å². The molecule has 1 aliphatic carbocycles. The first-order valence-corrected chi connectivity index (χ1v) is 9.88. The molecule has 6 nitrogen and oxygen atoms in total. The Morgan fingerprint density at radius 2 is 2.00 bits per heavy atom. The van der Waals surface area contributed by atoms with E-state index in [0.717, 1.165) is 25.2 Å². The van der Waals surface area contributed by atoms with Gasteiger partial charge in [-0.05, 0) is 41.5 Å². The lowest BCUT2D eigenvalue weighted by molar-refractivity contribution is -0.123. The van der Waals surface area contributed by atoms with E-state index in [1.165, 1.54) is 11.1 Å². The summed E-state index contributed by atoms with van der Waals surface area (Å²) in [4.78, 5) is 19.2. The monoisotopic (exact) mass is 381 g/mol. The molecule has 1 aromatic heterocycles. The average Bonchev–Trinajstić information content (AvgIpc) is 3.11. The van der Waals surface area contributed by atoms with Crippen LogP contribution in [-0.2, 0) is 17.9 Å². The second kappa shape index (κ2) is 8.29. The third-order valence-corrected chi connectivity index (χ3v) is 5.83. The average molecular weight is 381 g/mol. The lowest BCUT2D eigenvalue weighted by Crippen LogP contribution is -2.42.